The molecule has 23 heavy (non-hydrogen) atoms. The second-order valence-electron chi connectivity index (χ2n) is 6.31. The van der Waals surface area contributed by atoms with Crippen molar-refractivity contribution in [3.8, 4) is 0 Å². The van der Waals surface area contributed by atoms with Crippen LogP contribution in [0.15, 0.2) is 30.3 Å². The zero-order valence-corrected chi connectivity index (χ0v) is 13.7. The molecule has 1 unspecified atom stereocenters. The van der Waals surface area contributed by atoms with Gasteiger partial charge in [-0.1, -0.05) is 32.0 Å². The summed E-state index contributed by atoms with van der Waals surface area (Å²) >= 11 is 0. The molecule has 2 aromatic rings. The predicted octanol–water partition coefficient (Wildman–Crippen LogP) is 2.14. The van der Waals surface area contributed by atoms with E-state index in [1.807, 2.05) is 45.0 Å². The summed E-state index contributed by atoms with van der Waals surface area (Å²) in [5, 5.41) is 3.78. The Balaban J connectivity index is 2.06. The molecule has 1 fully saturated rings. The number of aromatic nitrogens is 1. The van der Waals surface area contributed by atoms with E-state index >= 15 is 0 Å². The van der Waals surface area contributed by atoms with Crippen molar-refractivity contribution in [1.82, 2.24) is 15.2 Å². The van der Waals surface area contributed by atoms with Crippen LogP contribution in [0, 0.1) is 12.8 Å². The number of pyridine rings is 1. The average molecular weight is 311 g/mol. The highest BCUT2D eigenvalue weighted by molar-refractivity contribution is 6.07. The maximum absolute atomic E-state index is 13.1. The Labute approximate surface area is 135 Å². The fourth-order valence-corrected chi connectivity index (χ4v) is 3.15. The maximum Gasteiger partial charge on any atom is 0.256 e. The lowest BCUT2D eigenvalue weighted by Gasteiger charge is -2.37. The number of carbonyl (C=O) groups is 2. The average Bonchev–Trinajstić information content (AvgIpc) is 2.53. The number of nitrogens with one attached hydrogen (secondary N) is 1. The standard InChI is InChI=1S/C18H21N3O2/c1-11(2)16-17(22)19-9-10-21(16)18(23)14-6-4-5-13-8-7-12(3)20-15(13)14/h4-8,11,16H,9-10H2,1-3H3,(H,19,22). The highest BCUT2D eigenvalue weighted by Crippen LogP contribution is 2.22. The maximum atomic E-state index is 13.1. The molecule has 0 saturated carbocycles. The predicted molar refractivity (Wildman–Crippen MR) is 89.2 cm³/mol. The number of rotatable bonds is 2. The number of benzene rings is 1. The van der Waals surface area contributed by atoms with Crippen molar-refractivity contribution in [2.24, 2.45) is 5.92 Å². The largest absolute Gasteiger partial charge is 0.353 e. The van der Waals surface area contributed by atoms with E-state index in [2.05, 4.69) is 10.3 Å². The van der Waals surface area contributed by atoms with Gasteiger partial charge in [0, 0.05) is 24.2 Å². The zero-order chi connectivity index (χ0) is 16.6. The highest BCUT2D eigenvalue weighted by Gasteiger charge is 2.36. The van der Waals surface area contributed by atoms with Crippen LogP contribution in [0.5, 0.6) is 0 Å². The van der Waals surface area contributed by atoms with Gasteiger partial charge in [0.2, 0.25) is 5.91 Å². The van der Waals surface area contributed by atoms with Crippen molar-refractivity contribution in [2.45, 2.75) is 26.8 Å². The Morgan fingerprint density at radius 2 is 2.09 bits per heavy atom. The van der Waals surface area contributed by atoms with Gasteiger partial charge in [0.15, 0.2) is 0 Å². The molecule has 0 bridgehead atoms. The molecule has 0 spiro atoms. The summed E-state index contributed by atoms with van der Waals surface area (Å²) in [6, 6.07) is 9.07. The Bertz CT molecular complexity index is 770. The topological polar surface area (TPSA) is 62.3 Å². The molecule has 1 aromatic heterocycles. The van der Waals surface area contributed by atoms with E-state index in [0.29, 0.717) is 24.2 Å². The van der Waals surface area contributed by atoms with Gasteiger partial charge in [0.25, 0.3) is 5.91 Å². The van der Waals surface area contributed by atoms with Crippen molar-refractivity contribution < 1.29 is 9.59 Å². The molecule has 120 valence electrons. The Morgan fingerprint density at radius 1 is 1.30 bits per heavy atom. The number of piperazine rings is 1. The smallest absolute Gasteiger partial charge is 0.256 e. The van der Waals surface area contributed by atoms with Crippen molar-refractivity contribution >= 4 is 22.7 Å². The van der Waals surface area contributed by atoms with Gasteiger partial charge >= 0.3 is 0 Å². The first-order valence-electron chi connectivity index (χ1n) is 7.94. The van der Waals surface area contributed by atoms with Crippen molar-refractivity contribution in [3.05, 3.63) is 41.6 Å². The number of para-hydroxylation sites is 1. The van der Waals surface area contributed by atoms with E-state index in [9.17, 15) is 9.59 Å². The number of amides is 2. The third-order valence-electron chi connectivity index (χ3n) is 4.24. The molecule has 1 aliphatic rings. The lowest BCUT2D eigenvalue weighted by atomic mass is 9.98. The minimum Gasteiger partial charge on any atom is -0.353 e. The molecule has 2 heterocycles. The van der Waals surface area contributed by atoms with Crippen LogP contribution in [0.25, 0.3) is 10.9 Å². The van der Waals surface area contributed by atoms with E-state index in [1.165, 1.54) is 0 Å². The molecule has 0 aliphatic carbocycles. The van der Waals surface area contributed by atoms with Gasteiger partial charge in [0.05, 0.1) is 11.1 Å². The third-order valence-corrected chi connectivity index (χ3v) is 4.24. The Kier molecular flexibility index (Phi) is 4.03. The van der Waals surface area contributed by atoms with Crippen LogP contribution in [0.3, 0.4) is 0 Å². The second kappa shape index (κ2) is 5.99. The molecule has 1 N–H and O–H groups in total. The third kappa shape index (κ3) is 2.79. The number of hydrogen-bond acceptors (Lipinski definition) is 3. The van der Waals surface area contributed by atoms with Crippen molar-refractivity contribution in [2.75, 3.05) is 13.1 Å². The van der Waals surface area contributed by atoms with Gasteiger partial charge in [-0.25, -0.2) is 0 Å². The molecular weight excluding hydrogens is 290 g/mol. The summed E-state index contributed by atoms with van der Waals surface area (Å²) in [7, 11) is 0. The first-order chi connectivity index (χ1) is 11.0. The number of carbonyl (C=O) groups excluding carboxylic acids is 2. The zero-order valence-electron chi connectivity index (χ0n) is 13.7. The Morgan fingerprint density at radius 3 is 2.83 bits per heavy atom. The van der Waals surface area contributed by atoms with Crippen LogP contribution in [-0.2, 0) is 4.79 Å². The fourth-order valence-electron chi connectivity index (χ4n) is 3.15. The molecule has 2 amide bonds. The fraction of sp³-hybridized carbons (Fsp3) is 0.389. The van der Waals surface area contributed by atoms with Gasteiger partial charge in [0.1, 0.15) is 6.04 Å². The normalized spacial score (nSPS) is 18.3. The van der Waals surface area contributed by atoms with Crippen LogP contribution < -0.4 is 5.32 Å². The summed E-state index contributed by atoms with van der Waals surface area (Å²) in [6.45, 7) is 6.84. The summed E-state index contributed by atoms with van der Waals surface area (Å²) in [4.78, 5) is 31.5. The molecule has 3 rings (SSSR count). The molecule has 5 heteroatoms. The summed E-state index contributed by atoms with van der Waals surface area (Å²) in [6.07, 6.45) is 0. The minimum atomic E-state index is -0.434. The van der Waals surface area contributed by atoms with Gasteiger partial charge in [-0.15, -0.1) is 0 Å². The summed E-state index contributed by atoms with van der Waals surface area (Å²) < 4.78 is 0. The quantitative estimate of drug-likeness (QED) is 0.924. The Hall–Kier alpha value is -2.43. The first-order valence-corrected chi connectivity index (χ1v) is 7.94. The van der Waals surface area contributed by atoms with Crippen LogP contribution >= 0.6 is 0 Å². The van der Waals surface area contributed by atoms with Gasteiger partial charge in [-0.3, -0.25) is 14.6 Å². The van der Waals surface area contributed by atoms with Gasteiger partial charge < -0.3 is 10.2 Å². The monoisotopic (exact) mass is 311 g/mol. The van der Waals surface area contributed by atoms with Crippen molar-refractivity contribution in [1.29, 1.82) is 0 Å². The van der Waals surface area contributed by atoms with Crippen molar-refractivity contribution in [3.63, 3.8) is 0 Å². The van der Waals surface area contributed by atoms with E-state index in [-0.39, 0.29) is 17.7 Å². The second-order valence-corrected chi connectivity index (χ2v) is 6.31. The molecule has 1 saturated heterocycles. The summed E-state index contributed by atoms with van der Waals surface area (Å²) in [5.74, 6) is -0.143. The molecule has 5 nitrogen and oxygen atoms in total. The lowest BCUT2D eigenvalue weighted by Crippen LogP contribution is -2.59. The van der Waals surface area contributed by atoms with E-state index in [4.69, 9.17) is 0 Å². The minimum absolute atomic E-state index is 0.0592. The number of fused-ring (bicyclic) bond motifs is 1. The number of hydrogen-bond donors (Lipinski definition) is 1. The van der Waals surface area contributed by atoms with Crippen LogP contribution in [0.4, 0.5) is 0 Å². The molecule has 1 atom stereocenters. The lowest BCUT2D eigenvalue weighted by molar-refractivity contribution is -0.129. The molecule has 0 radical (unpaired) electrons. The number of nitrogens with zero attached hydrogens (tertiary/aromatic N) is 2. The van der Waals surface area contributed by atoms with E-state index in [1.54, 1.807) is 11.0 Å². The summed E-state index contributed by atoms with van der Waals surface area (Å²) in [5.41, 5.74) is 2.13. The van der Waals surface area contributed by atoms with Crippen LogP contribution in [0.1, 0.15) is 29.9 Å². The SMILES string of the molecule is Cc1ccc2cccc(C(=O)N3CCNC(=O)C3C(C)C)c2n1. The van der Waals surface area contributed by atoms with E-state index in [0.717, 1.165) is 11.1 Å². The molecule has 1 aromatic carbocycles. The van der Waals surface area contributed by atoms with E-state index < -0.39 is 6.04 Å². The highest BCUT2D eigenvalue weighted by atomic mass is 16.2. The first kappa shape index (κ1) is 15.5. The van der Waals surface area contributed by atoms with Crippen LogP contribution in [-0.4, -0.2) is 40.8 Å². The van der Waals surface area contributed by atoms with Gasteiger partial charge in [-0.2, -0.15) is 0 Å². The van der Waals surface area contributed by atoms with Gasteiger partial charge in [-0.05, 0) is 25.0 Å². The molecule has 1 aliphatic heterocycles. The number of aryl methyl sites for hydroxylation is 1. The molecular formula is C18H21N3O2. The van der Waals surface area contributed by atoms with Crippen LogP contribution in [0.2, 0.25) is 0 Å².